The maximum absolute atomic E-state index is 12.8. The number of carbonyl (C=O) groups excluding carboxylic acids is 2. The molecule has 0 aliphatic rings. The van der Waals surface area contributed by atoms with Gasteiger partial charge in [0.05, 0.1) is 0 Å². The summed E-state index contributed by atoms with van der Waals surface area (Å²) < 4.78 is 5.43. The highest BCUT2D eigenvalue weighted by molar-refractivity contribution is 6.01. The van der Waals surface area contributed by atoms with Crippen molar-refractivity contribution in [3.8, 4) is 0 Å². The van der Waals surface area contributed by atoms with E-state index in [0.29, 0.717) is 12.5 Å². The second-order valence-corrected chi connectivity index (χ2v) is 7.11. The van der Waals surface area contributed by atoms with E-state index in [-0.39, 0.29) is 25.0 Å². The van der Waals surface area contributed by atoms with Crippen LogP contribution in [0.2, 0.25) is 0 Å². The molecule has 0 aliphatic carbocycles. The first-order valence-electron chi connectivity index (χ1n) is 10.4. The van der Waals surface area contributed by atoms with Gasteiger partial charge in [-0.25, -0.2) is 0 Å². The van der Waals surface area contributed by atoms with E-state index in [9.17, 15) is 9.59 Å². The van der Waals surface area contributed by atoms with Crippen LogP contribution < -0.4 is 10.2 Å². The van der Waals surface area contributed by atoms with Gasteiger partial charge < -0.3 is 10.1 Å². The Kier molecular flexibility index (Phi) is 9.93. The van der Waals surface area contributed by atoms with E-state index >= 15 is 0 Å². The van der Waals surface area contributed by atoms with Gasteiger partial charge in [0.2, 0.25) is 5.91 Å². The van der Waals surface area contributed by atoms with Gasteiger partial charge in [-0.2, -0.15) is 0 Å². The summed E-state index contributed by atoms with van der Waals surface area (Å²) in [7, 11) is 0. The van der Waals surface area contributed by atoms with Gasteiger partial charge in [0, 0.05) is 17.9 Å². The lowest BCUT2D eigenvalue weighted by Crippen LogP contribution is -2.34. The molecule has 0 bridgehead atoms. The molecule has 1 atom stereocenters. The van der Waals surface area contributed by atoms with Crippen molar-refractivity contribution < 1.29 is 14.3 Å². The number of para-hydroxylation sites is 2. The summed E-state index contributed by atoms with van der Waals surface area (Å²) in [5.74, 6) is 0.0930. The number of rotatable bonds is 12. The largest absolute Gasteiger partial charge is 0.362 e. The number of unbranched alkanes of at least 4 members (excludes halogenated alkanes) is 1. The van der Waals surface area contributed by atoms with Crippen LogP contribution in [0.5, 0.6) is 0 Å². The van der Waals surface area contributed by atoms with Gasteiger partial charge in [0.25, 0.3) is 5.91 Å². The topological polar surface area (TPSA) is 58.6 Å². The van der Waals surface area contributed by atoms with E-state index in [1.807, 2.05) is 60.7 Å². The van der Waals surface area contributed by atoms with E-state index in [1.54, 1.807) is 4.90 Å². The molecule has 0 spiro atoms. The molecule has 29 heavy (non-hydrogen) atoms. The fourth-order valence-electron chi connectivity index (χ4n) is 3.14. The van der Waals surface area contributed by atoms with E-state index < -0.39 is 0 Å². The number of anilines is 2. The molecule has 0 radical (unpaired) electrons. The van der Waals surface area contributed by atoms with Gasteiger partial charge in [-0.3, -0.25) is 14.5 Å². The van der Waals surface area contributed by atoms with E-state index in [2.05, 4.69) is 19.2 Å². The van der Waals surface area contributed by atoms with E-state index in [0.717, 1.165) is 30.6 Å². The lowest BCUT2D eigenvalue weighted by molar-refractivity contribution is -0.129. The molecule has 0 aliphatic heterocycles. The van der Waals surface area contributed by atoms with Crippen molar-refractivity contribution in [3.05, 3.63) is 60.7 Å². The predicted octanol–water partition coefficient (Wildman–Crippen LogP) is 4.70. The summed E-state index contributed by atoms with van der Waals surface area (Å²) in [5, 5.41) is 2.92. The highest BCUT2D eigenvalue weighted by Crippen LogP contribution is 2.25. The standard InChI is InChI=1S/C24H32N2O3/c1-3-5-12-20(4-2)17-25-23(27)18-29-19-24(28)26(21-13-8-6-9-14-21)22-15-10-7-11-16-22/h6-11,13-16,20H,3-5,12,17-19H2,1-2H3,(H,25,27). The molecule has 0 saturated carbocycles. The number of benzene rings is 2. The zero-order valence-electron chi connectivity index (χ0n) is 17.5. The lowest BCUT2D eigenvalue weighted by Gasteiger charge is -2.23. The van der Waals surface area contributed by atoms with Gasteiger partial charge in [0.1, 0.15) is 13.2 Å². The van der Waals surface area contributed by atoms with Gasteiger partial charge in [-0.1, -0.05) is 69.5 Å². The third kappa shape index (κ3) is 7.70. The third-order valence-electron chi connectivity index (χ3n) is 4.87. The highest BCUT2D eigenvalue weighted by atomic mass is 16.5. The van der Waals surface area contributed by atoms with Crippen molar-refractivity contribution >= 4 is 23.2 Å². The molecule has 5 heteroatoms. The van der Waals surface area contributed by atoms with Gasteiger partial charge in [0.15, 0.2) is 0 Å². The quantitative estimate of drug-likeness (QED) is 0.566. The minimum atomic E-state index is -0.218. The molecule has 2 amide bonds. The molecule has 2 aromatic carbocycles. The lowest BCUT2D eigenvalue weighted by atomic mass is 9.99. The van der Waals surface area contributed by atoms with Crippen LogP contribution in [0.4, 0.5) is 11.4 Å². The second kappa shape index (κ2) is 12.7. The number of hydrogen-bond donors (Lipinski definition) is 1. The number of carbonyl (C=O) groups is 2. The number of nitrogens with one attached hydrogen (secondary N) is 1. The number of nitrogens with zero attached hydrogens (tertiary/aromatic N) is 1. The predicted molar refractivity (Wildman–Crippen MR) is 117 cm³/mol. The smallest absolute Gasteiger partial charge is 0.257 e. The monoisotopic (exact) mass is 396 g/mol. The Morgan fingerprint density at radius 2 is 1.52 bits per heavy atom. The molecule has 1 unspecified atom stereocenters. The SMILES string of the molecule is CCCCC(CC)CNC(=O)COCC(=O)N(c1ccccc1)c1ccccc1. The molecular formula is C24H32N2O3. The normalized spacial score (nSPS) is 11.7. The second-order valence-electron chi connectivity index (χ2n) is 7.11. The van der Waals surface area contributed by atoms with Crippen LogP contribution >= 0.6 is 0 Å². The number of amides is 2. The average Bonchev–Trinajstić information content (AvgIpc) is 2.75. The number of ether oxygens (including phenoxy) is 1. The molecule has 2 aromatic rings. The van der Waals surface area contributed by atoms with Crippen LogP contribution in [0.3, 0.4) is 0 Å². The number of hydrogen-bond acceptors (Lipinski definition) is 3. The molecule has 0 fully saturated rings. The van der Waals surface area contributed by atoms with Crippen molar-refractivity contribution in [1.82, 2.24) is 5.32 Å². The molecule has 1 N–H and O–H groups in total. The Morgan fingerprint density at radius 3 is 2.03 bits per heavy atom. The van der Waals surface area contributed by atoms with Crippen LogP contribution in [0.15, 0.2) is 60.7 Å². The Bertz CT molecular complexity index is 695. The van der Waals surface area contributed by atoms with Gasteiger partial charge >= 0.3 is 0 Å². The van der Waals surface area contributed by atoms with Crippen molar-refractivity contribution in [2.75, 3.05) is 24.7 Å². The first-order chi connectivity index (χ1) is 14.2. The Morgan fingerprint density at radius 1 is 0.931 bits per heavy atom. The fraction of sp³-hybridized carbons (Fsp3) is 0.417. The Hall–Kier alpha value is -2.66. The van der Waals surface area contributed by atoms with Crippen molar-refractivity contribution in [2.24, 2.45) is 5.92 Å². The zero-order chi connectivity index (χ0) is 20.9. The van der Waals surface area contributed by atoms with Gasteiger partial charge in [-0.15, -0.1) is 0 Å². The minimum absolute atomic E-state index is 0.118. The average molecular weight is 397 g/mol. The molecule has 0 saturated heterocycles. The minimum Gasteiger partial charge on any atom is -0.362 e. The summed E-state index contributed by atoms with van der Waals surface area (Å²) in [6.07, 6.45) is 4.50. The fourth-order valence-corrected chi connectivity index (χ4v) is 3.14. The van der Waals surface area contributed by atoms with Crippen LogP contribution in [0.25, 0.3) is 0 Å². The van der Waals surface area contributed by atoms with E-state index in [1.165, 1.54) is 6.42 Å². The van der Waals surface area contributed by atoms with E-state index in [4.69, 9.17) is 4.74 Å². The zero-order valence-corrected chi connectivity index (χ0v) is 17.5. The van der Waals surface area contributed by atoms with Crippen molar-refractivity contribution in [1.29, 1.82) is 0 Å². The first kappa shape index (κ1) is 22.6. The molecule has 2 rings (SSSR count). The van der Waals surface area contributed by atoms with Crippen LogP contribution in [0.1, 0.15) is 39.5 Å². The summed E-state index contributed by atoms with van der Waals surface area (Å²) >= 11 is 0. The molecule has 0 aromatic heterocycles. The molecule has 156 valence electrons. The Balaban J connectivity index is 1.86. The summed E-state index contributed by atoms with van der Waals surface area (Å²) in [6.45, 7) is 4.69. The Labute approximate surface area is 174 Å². The van der Waals surface area contributed by atoms with Crippen molar-refractivity contribution in [3.63, 3.8) is 0 Å². The summed E-state index contributed by atoms with van der Waals surface area (Å²) in [4.78, 5) is 26.5. The molecule has 5 nitrogen and oxygen atoms in total. The van der Waals surface area contributed by atoms with Crippen LogP contribution in [-0.4, -0.2) is 31.6 Å². The molecular weight excluding hydrogens is 364 g/mol. The summed E-state index contributed by atoms with van der Waals surface area (Å²) in [6, 6.07) is 18.8. The third-order valence-corrected chi connectivity index (χ3v) is 4.87. The summed E-state index contributed by atoms with van der Waals surface area (Å²) in [5.41, 5.74) is 1.52. The van der Waals surface area contributed by atoms with Crippen molar-refractivity contribution in [2.45, 2.75) is 39.5 Å². The highest BCUT2D eigenvalue weighted by Gasteiger charge is 2.18. The maximum Gasteiger partial charge on any atom is 0.257 e. The van der Waals surface area contributed by atoms with Gasteiger partial charge in [-0.05, 0) is 36.6 Å². The van der Waals surface area contributed by atoms with Crippen LogP contribution in [0, 0.1) is 5.92 Å². The molecule has 0 heterocycles. The first-order valence-corrected chi connectivity index (χ1v) is 10.4. The van der Waals surface area contributed by atoms with Crippen LogP contribution in [-0.2, 0) is 14.3 Å². The maximum atomic E-state index is 12.8.